The molecule has 0 amide bonds. The van der Waals surface area contributed by atoms with Gasteiger partial charge in [0.25, 0.3) is 0 Å². The lowest BCUT2D eigenvalue weighted by molar-refractivity contribution is 0.210. The highest BCUT2D eigenvalue weighted by Gasteiger charge is 2.30. The quantitative estimate of drug-likeness (QED) is 0.631. The van der Waals surface area contributed by atoms with Crippen molar-refractivity contribution in [3.63, 3.8) is 0 Å². The molecule has 2 rings (SSSR count). The van der Waals surface area contributed by atoms with Gasteiger partial charge >= 0.3 is 0 Å². The molecule has 112 valence electrons. The van der Waals surface area contributed by atoms with Crippen molar-refractivity contribution in [3.05, 3.63) is 35.4 Å². The standard InChI is InChI=1S/C16H24F2N2/c1-2-4-11-7-9-12(10-8-11)16(20-19)15-13(17)5-3-6-14(15)18/h3,5-6,11-12,16,20H,2,4,7-10,19H2,1H3. The third-order valence-corrected chi connectivity index (χ3v) is 4.55. The SMILES string of the molecule is CCCC1CCC(C(NN)c2c(F)cccc2F)CC1. The van der Waals surface area contributed by atoms with Gasteiger partial charge in [0.15, 0.2) is 0 Å². The second-order valence-electron chi connectivity index (χ2n) is 5.85. The lowest BCUT2D eigenvalue weighted by Crippen LogP contribution is -2.36. The van der Waals surface area contributed by atoms with E-state index in [0.29, 0.717) is 0 Å². The van der Waals surface area contributed by atoms with Gasteiger partial charge in [-0.2, -0.15) is 0 Å². The first-order valence-corrected chi connectivity index (χ1v) is 7.57. The van der Waals surface area contributed by atoms with Crippen LogP contribution in [0.15, 0.2) is 18.2 Å². The first-order valence-electron chi connectivity index (χ1n) is 7.57. The Bertz CT molecular complexity index is 408. The number of hydrogen-bond acceptors (Lipinski definition) is 2. The van der Waals surface area contributed by atoms with Crippen LogP contribution in [-0.2, 0) is 0 Å². The fourth-order valence-corrected chi connectivity index (χ4v) is 3.48. The van der Waals surface area contributed by atoms with Crippen LogP contribution in [0, 0.1) is 23.5 Å². The van der Waals surface area contributed by atoms with Gasteiger partial charge in [-0.3, -0.25) is 11.3 Å². The third kappa shape index (κ3) is 3.36. The maximum Gasteiger partial charge on any atom is 0.130 e. The average Bonchev–Trinajstić information content (AvgIpc) is 2.45. The van der Waals surface area contributed by atoms with Gasteiger partial charge in [-0.25, -0.2) is 8.78 Å². The van der Waals surface area contributed by atoms with Crippen LogP contribution in [0.3, 0.4) is 0 Å². The highest BCUT2D eigenvalue weighted by Crippen LogP contribution is 2.39. The van der Waals surface area contributed by atoms with E-state index in [0.717, 1.165) is 31.6 Å². The number of benzene rings is 1. The molecule has 1 aliphatic carbocycles. The Hall–Kier alpha value is -1.00. The Morgan fingerprint density at radius 1 is 1.20 bits per heavy atom. The summed E-state index contributed by atoms with van der Waals surface area (Å²) in [6, 6.07) is 3.55. The van der Waals surface area contributed by atoms with Crippen LogP contribution in [0.4, 0.5) is 8.78 Å². The molecule has 0 bridgehead atoms. The predicted octanol–water partition coefficient (Wildman–Crippen LogP) is 4.08. The third-order valence-electron chi connectivity index (χ3n) is 4.55. The molecule has 0 spiro atoms. The van der Waals surface area contributed by atoms with Gasteiger partial charge in [-0.05, 0) is 36.8 Å². The highest BCUT2D eigenvalue weighted by atomic mass is 19.1. The maximum atomic E-state index is 13.9. The van der Waals surface area contributed by atoms with Crippen LogP contribution in [0.5, 0.6) is 0 Å². The Kier molecular flexibility index (Phi) is 5.49. The van der Waals surface area contributed by atoms with Crippen LogP contribution >= 0.6 is 0 Å². The molecule has 1 aromatic rings. The monoisotopic (exact) mass is 282 g/mol. The molecule has 0 heterocycles. The fourth-order valence-electron chi connectivity index (χ4n) is 3.48. The Morgan fingerprint density at radius 2 is 1.80 bits per heavy atom. The average molecular weight is 282 g/mol. The molecule has 1 aliphatic rings. The first-order chi connectivity index (χ1) is 9.67. The molecule has 1 fully saturated rings. The van der Waals surface area contributed by atoms with Gasteiger partial charge in [0.05, 0.1) is 6.04 Å². The molecular weight excluding hydrogens is 258 g/mol. The highest BCUT2D eigenvalue weighted by molar-refractivity contribution is 5.24. The van der Waals surface area contributed by atoms with Crippen molar-refractivity contribution in [2.45, 2.75) is 51.5 Å². The van der Waals surface area contributed by atoms with Crippen LogP contribution in [-0.4, -0.2) is 0 Å². The summed E-state index contributed by atoms with van der Waals surface area (Å²) in [5.41, 5.74) is 2.73. The number of hydrogen-bond donors (Lipinski definition) is 2. The molecular formula is C16H24F2N2. The first kappa shape index (κ1) is 15.4. The topological polar surface area (TPSA) is 38.0 Å². The van der Waals surface area contributed by atoms with Crippen LogP contribution in [0.1, 0.15) is 57.1 Å². The lowest BCUT2D eigenvalue weighted by Gasteiger charge is -2.34. The van der Waals surface area contributed by atoms with E-state index in [2.05, 4.69) is 12.3 Å². The molecule has 4 heteroatoms. The van der Waals surface area contributed by atoms with Crippen LogP contribution < -0.4 is 11.3 Å². The number of nitrogens with one attached hydrogen (secondary N) is 1. The fraction of sp³-hybridized carbons (Fsp3) is 0.625. The number of halogens is 2. The van der Waals surface area contributed by atoms with Crippen molar-refractivity contribution in [3.8, 4) is 0 Å². The zero-order valence-corrected chi connectivity index (χ0v) is 12.0. The van der Waals surface area contributed by atoms with E-state index in [4.69, 9.17) is 5.84 Å². The summed E-state index contributed by atoms with van der Waals surface area (Å²) in [4.78, 5) is 0. The molecule has 0 aromatic heterocycles. The van der Waals surface area contributed by atoms with E-state index >= 15 is 0 Å². The van der Waals surface area contributed by atoms with Crippen molar-refractivity contribution in [2.75, 3.05) is 0 Å². The molecule has 0 radical (unpaired) electrons. The summed E-state index contributed by atoms with van der Waals surface area (Å²) in [5.74, 6) is 5.53. The largest absolute Gasteiger partial charge is 0.271 e. The van der Waals surface area contributed by atoms with Crippen molar-refractivity contribution in [2.24, 2.45) is 17.7 Å². The summed E-state index contributed by atoms with van der Waals surface area (Å²) in [7, 11) is 0. The minimum absolute atomic E-state index is 0.0916. The summed E-state index contributed by atoms with van der Waals surface area (Å²) in [5, 5.41) is 0. The minimum Gasteiger partial charge on any atom is -0.271 e. The maximum absolute atomic E-state index is 13.9. The number of rotatable bonds is 5. The van der Waals surface area contributed by atoms with Crippen LogP contribution in [0.25, 0.3) is 0 Å². The van der Waals surface area contributed by atoms with E-state index in [9.17, 15) is 8.78 Å². The minimum atomic E-state index is -0.511. The second kappa shape index (κ2) is 7.14. The Balaban J connectivity index is 2.10. The van der Waals surface area contributed by atoms with Gasteiger partial charge in [0.2, 0.25) is 0 Å². The summed E-state index contributed by atoms with van der Waals surface area (Å²) in [6.45, 7) is 2.20. The van der Waals surface area contributed by atoms with Gasteiger partial charge in [-0.1, -0.05) is 38.7 Å². The van der Waals surface area contributed by atoms with Gasteiger partial charge in [0, 0.05) is 5.56 Å². The Morgan fingerprint density at radius 3 is 2.30 bits per heavy atom. The predicted molar refractivity (Wildman–Crippen MR) is 76.8 cm³/mol. The lowest BCUT2D eigenvalue weighted by atomic mass is 9.75. The van der Waals surface area contributed by atoms with Gasteiger partial charge in [-0.15, -0.1) is 0 Å². The van der Waals surface area contributed by atoms with E-state index in [1.54, 1.807) is 0 Å². The molecule has 3 N–H and O–H groups in total. The summed E-state index contributed by atoms with van der Waals surface area (Å²) in [6.07, 6.45) is 6.68. The van der Waals surface area contributed by atoms with Crippen molar-refractivity contribution >= 4 is 0 Å². The Labute approximate surface area is 119 Å². The molecule has 1 aromatic carbocycles. The summed E-state index contributed by atoms with van der Waals surface area (Å²) < 4.78 is 27.8. The number of hydrazine groups is 1. The molecule has 1 atom stereocenters. The normalized spacial score (nSPS) is 24.6. The van der Waals surface area contributed by atoms with Crippen molar-refractivity contribution in [1.82, 2.24) is 5.43 Å². The summed E-state index contributed by atoms with van der Waals surface area (Å²) >= 11 is 0. The molecule has 1 saturated carbocycles. The molecule has 0 saturated heterocycles. The zero-order chi connectivity index (χ0) is 14.5. The molecule has 2 nitrogen and oxygen atoms in total. The van der Waals surface area contributed by atoms with E-state index < -0.39 is 17.7 Å². The van der Waals surface area contributed by atoms with Crippen molar-refractivity contribution in [1.29, 1.82) is 0 Å². The van der Waals surface area contributed by atoms with Crippen molar-refractivity contribution < 1.29 is 8.78 Å². The number of nitrogens with two attached hydrogens (primary N) is 1. The van der Waals surface area contributed by atoms with E-state index in [1.165, 1.54) is 31.0 Å². The zero-order valence-electron chi connectivity index (χ0n) is 12.0. The molecule has 1 unspecified atom stereocenters. The van der Waals surface area contributed by atoms with E-state index in [-0.39, 0.29) is 11.5 Å². The van der Waals surface area contributed by atoms with E-state index in [1.807, 2.05) is 0 Å². The van der Waals surface area contributed by atoms with Crippen LogP contribution in [0.2, 0.25) is 0 Å². The van der Waals surface area contributed by atoms with Gasteiger partial charge in [0.1, 0.15) is 11.6 Å². The van der Waals surface area contributed by atoms with Gasteiger partial charge < -0.3 is 0 Å². The smallest absolute Gasteiger partial charge is 0.130 e. The molecule has 20 heavy (non-hydrogen) atoms. The second-order valence-corrected chi connectivity index (χ2v) is 5.85. The molecule has 0 aliphatic heterocycles.